The third kappa shape index (κ3) is 6.48. The van der Waals surface area contributed by atoms with Gasteiger partial charge < -0.3 is 18.9 Å². The molecule has 0 fully saturated rings. The fraction of sp³-hybridized carbons (Fsp3) is 0.292. The molecule has 152 valence electrons. The predicted molar refractivity (Wildman–Crippen MR) is 110 cm³/mol. The molecule has 0 unspecified atom stereocenters. The average Bonchev–Trinajstić information content (AvgIpc) is 2.78. The zero-order valence-electron chi connectivity index (χ0n) is 16.3. The second-order valence-electron chi connectivity index (χ2n) is 6.67. The van der Waals surface area contributed by atoms with E-state index < -0.39 is 18.5 Å². The van der Waals surface area contributed by atoms with Gasteiger partial charge in [0.05, 0.1) is 26.4 Å². The highest BCUT2D eigenvalue weighted by Gasteiger charge is 2.33. The zero-order valence-corrected chi connectivity index (χ0v) is 16.3. The van der Waals surface area contributed by atoms with Crippen molar-refractivity contribution in [1.82, 2.24) is 0 Å². The third-order valence-corrected chi connectivity index (χ3v) is 4.47. The highest BCUT2D eigenvalue weighted by molar-refractivity contribution is 5.74. The molecule has 3 rings (SSSR count). The Balaban J connectivity index is 1.66. The Bertz CT molecular complexity index is 787. The van der Waals surface area contributed by atoms with Crippen molar-refractivity contribution in [2.45, 2.75) is 31.7 Å². The molecule has 1 aliphatic heterocycles. The maximum Gasteiger partial charge on any atom is 0.187 e. The summed E-state index contributed by atoms with van der Waals surface area (Å²) < 4.78 is 23.5. The van der Waals surface area contributed by atoms with Crippen molar-refractivity contribution in [2.75, 3.05) is 13.2 Å². The van der Waals surface area contributed by atoms with Gasteiger partial charge >= 0.3 is 0 Å². The standard InChI is InChI=1S/C24H26O5/c1-2-13-27-24-21(15-25)14-22(28-17-20-11-7-4-8-12-20)23(29-24)18-26-16-19-9-5-3-6-10-19/h2-12,14-15,22-24H,1,13,16-18H2/t22-,23+,24-/m0/s1. The van der Waals surface area contributed by atoms with Crippen molar-refractivity contribution in [3.8, 4) is 0 Å². The summed E-state index contributed by atoms with van der Waals surface area (Å²) in [4.78, 5) is 11.5. The lowest BCUT2D eigenvalue weighted by Crippen LogP contribution is -2.43. The van der Waals surface area contributed by atoms with E-state index in [0.717, 1.165) is 17.4 Å². The maximum absolute atomic E-state index is 11.5. The molecule has 0 aliphatic carbocycles. The number of hydrogen-bond acceptors (Lipinski definition) is 5. The quantitative estimate of drug-likeness (QED) is 0.428. The second-order valence-corrected chi connectivity index (χ2v) is 6.67. The van der Waals surface area contributed by atoms with Gasteiger partial charge in [-0.1, -0.05) is 66.7 Å². The minimum absolute atomic E-state index is 0.281. The van der Waals surface area contributed by atoms with Crippen molar-refractivity contribution >= 4 is 6.29 Å². The Kier molecular flexibility index (Phi) is 8.34. The van der Waals surface area contributed by atoms with Crippen molar-refractivity contribution in [1.29, 1.82) is 0 Å². The molecule has 5 nitrogen and oxygen atoms in total. The normalized spacial score (nSPS) is 21.4. The average molecular weight is 394 g/mol. The Morgan fingerprint density at radius 1 is 0.931 bits per heavy atom. The van der Waals surface area contributed by atoms with Crippen LogP contribution in [0.15, 0.2) is 85.0 Å². The number of carbonyl (C=O) groups is 1. The first-order valence-corrected chi connectivity index (χ1v) is 9.62. The van der Waals surface area contributed by atoms with Crippen LogP contribution in [0.25, 0.3) is 0 Å². The van der Waals surface area contributed by atoms with E-state index in [0.29, 0.717) is 25.4 Å². The van der Waals surface area contributed by atoms with Crippen LogP contribution in [0, 0.1) is 0 Å². The first-order valence-electron chi connectivity index (χ1n) is 9.62. The van der Waals surface area contributed by atoms with Crippen LogP contribution in [0.5, 0.6) is 0 Å². The molecular formula is C24H26O5. The van der Waals surface area contributed by atoms with E-state index in [4.69, 9.17) is 18.9 Å². The van der Waals surface area contributed by atoms with Gasteiger partial charge in [-0.15, -0.1) is 6.58 Å². The SMILES string of the molecule is C=CCO[C@H]1O[C@H](COCc2ccccc2)[C@@H](OCc2ccccc2)C=C1C=O. The molecule has 3 atom stereocenters. The fourth-order valence-electron chi connectivity index (χ4n) is 3.00. The van der Waals surface area contributed by atoms with Gasteiger partial charge in [0.15, 0.2) is 12.6 Å². The summed E-state index contributed by atoms with van der Waals surface area (Å²) in [5, 5.41) is 0. The van der Waals surface area contributed by atoms with E-state index in [1.807, 2.05) is 60.7 Å². The second kappa shape index (κ2) is 11.4. The fourth-order valence-corrected chi connectivity index (χ4v) is 3.00. The van der Waals surface area contributed by atoms with Crippen LogP contribution in [0.3, 0.4) is 0 Å². The van der Waals surface area contributed by atoms with E-state index in [9.17, 15) is 4.79 Å². The predicted octanol–water partition coefficient (Wildman–Crippen LogP) is 3.84. The summed E-state index contributed by atoms with van der Waals surface area (Å²) in [6.45, 7) is 5.10. The van der Waals surface area contributed by atoms with E-state index in [1.165, 1.54) is 0 Å². The molecule has 0 amide bonds. The zero-order chi connectivity index (χ0) is 20.3. The largest absolute Gasteiger partial charge is 0.374 e. The molecule has 0 saturated heterocycles. The lowest BCUT2D eigenvalue weighted by atomic mass is 10.1. The molecule has 0 bridgehead atoms. The Morgan fingerprint density at radius 2 is 1.59 bits per heavy atom. The van der Waals surface area contributed by atoms with Crippen molar-refractivity contribution < 1.29 is 23.7 Å². The Morgan fingerprint density at radius 3 is 2.21 bits per heavy atom. The summed E-state index contributed by atoms with van der Waals surface area (Å²) in [6, 6.07) is 19.8. The summed E-state index contributed by atoms with van der Waals surface area (Å²) in [5.41, 5.74) is 2.53. The molecule has 0 radical (unpaired) electrons. The molecular weight excluding hydrogens is 368 g/mol. The molecule has 1 heterocycles. The molecule has 0 N–H and O–H groups in total. The smallest absolute Gasteiger partial charge is 0.187 e. The van der Waals surface area contributed by atoms with Gasteiger partial charge in [0, 0.05) is 5.57 Å². The van der Waals surface area contributed by atoms with E-state index in [1.54, 1.807) is 12.2 Å². The lowest BCUT2D eigenvalue weighted by molar-refractivity contribution is -0.196. The lowest BCUT2D eigenvalue weighted by Gasteiger charge is -2.34. The first kappa shape index (κ1) is 21.1. The molecule has 0 aromatic heterocycles. The number of hydrogen-bond donors (Lipinski definition) is 0. The summed E-state index contributed by atoms with van der Waals surface area (Å²) in [6.07, 6.45) is 2.55. The van der Waals surface area contributed by atoms with Gasteiger partial charge in [-0.25, -0.2) is 0 Å². The van der Waals surface area contributed by atoms with Crippen LogP contribution in [0.2, 0.25) is 0 Å². The van der Waals surface area contributed by atoms with E-state index in [2.05, 4.69) is 6.58 Å². The van der Waals surface area contributed by atoms with E-state index in [-0.39, 0.29) is 6.61 Å². The monoisotopic (exact) mass is 394 g/mol. The minimum atomic E-state index is -0.757. The number of benzene rings is 2. The van der Waals surface area contributed by atoms with Gasteiger partial charge in [-0.2, -0.15) is 0 Å². The molecule has 2 aromatic carbocycles. The molecule has 2 aromatic rings. The van der Waals surface area contributed by atoms with Crippen molar-refractivity contribution in [3.63, 3.8) is 0 Å². The Hall–Kier alpha value is -2.57. The Labute approximate surface area is 171 Å². The van der Waals surface area contributed by atoms with Gasteiger partial charge in [0.1, 0.15) is 12.2 Å². The minimum Gasteiger partial charge on any atom is -0.374 e. The van der Waals surface area contributed by atoms with Gasteiger partial charge in [-0.3, -0.25) is 4.79 Å². The first-order chi connectivity index (χ1) is 14.3. The van der Waals surface area contributed by atoms with Crippen molar-refractivity contribution in [3.05, 3.63) is 96.1 Å². The van der Waals surface area contributed by atoms with Crippen LogP contribution in [-0.2, 0) is 37.0 Å². The van der Waals surface area contributed by atoms with Crippen LogP contribution in [0.1, 0.15) is 11.1 Å². The van der Waals surface area contributed by atoms with Gasteiger partial charge in [0.2, 0.25) is 0 Å². The molecule has 29 heavy (non-hydrogen) atoms. The topological polar surface area (TPSA) is 54.0 Å². The number of rotatable bonds is 11. The number of ether oxygens (including phenoxy) is 4. The van der Waals surface area contributed by atoms with Crippen LogP contribution in [-0.4, -0.2) is 38.0 Å². The van der Waals surface area contributed by atoms with Gasteiger partial charge in [0.25, 0.3) is 0 Å². The van der Waals surface area contributed by atoms with E-state index >= 15 is 0 Å². The van der Waals surface area contributed by atoms with Crippen LogP contribution in [0.4, 0.5) is 0 Å². The number of carbonyl (C=O) groups excluding carboxylic acids is 1. The van der Waals surface area contributed by atoms with Crippen LogP contribution < -0.4 is 0 Å². The highest BCUT2D eigenvalue weighted by atomic mass is 16.7. The third-order valence-electron chi connectivity index (χ3n) is 4.47. The molecule has 0 spiro atoms. The van der Waals surface area contributed by atoms with Crippen LogP contribution >= 0.6 is 0 Å². The summed E-state index contributed by atoms with van der Waals surface area (Å²) >= 11 is 0. The molecule has 5 heteroatoms. The summed E-state index contributed by atoms with van der Waals surface area (Å²) in [7, 11) is 0. The molecule has 1 aliphatic rings. The van der Waals surface area contributed by atoms with Gasteiger partial charge in [-0.05, 0) is 17.2 Å². The highest BCUT2D eigenvalue weighted by Crippen LogP contribution is 2.23. The molecule has 0 saturated carbocycles. The van der Waals surface area contributed by atoms with Crippen molar-refractivity contribution in [2.24, 2.45) is 0 Å². The summed E-state index contributed by atoms with van der Waals surface area (Å²) in [5.74, 6) is 0. The maximum atomic E-state index is 11.5. The number of aldehydes is 1.